The fourth-order valence-corrected chi connectivity index (χ4v) is 4.96. The second-order valence-corrected chi connectivity index (χ2v) is 11.0. The third-order valence-corrected chi connectivity index (χ3v) is 6.72. The highest BCUT2D eigenvalue weighted by Gasteiger charge is 2.33. The van der Waals surface area contributed by atoms with Crippen molar-refractivity contribution in [3.8, 4) is 22.8 Å². The van der Waals surface area contributed by atoms with Crippen molar-refractivity contribution in [3.05, 3.63) is 83.6 Å². The summed E-state index contributed by atoms with van der Waals surface area (Å²) < 4.78 is 36.2. The first-order valence-corrected chi connectivity index (χ1v) is 13.2. The molecule has 1 saturated heterocycles. The largest absolute Gasteiger partial charge is 0.457 e. The molecule has 2 aromatic carbocycles. The molecule has 0 spiro atoms. The highest BCUT2D eigenvalue weighted by Crippen LogP contribution is 2.35. The Morgan fingerprint density at radius 3 is 2.68 bits per heavy atom. The molecule has 1 atom stereocenters. The number of nitrogen functional groups attached to an aromatic ring is 1. The number of ether oxygens (including phenoxy) is 1. The van der Waals surface area contributed by atoms with Crippen molar-refractivity contribution in [2.24, 2.45) is 5.41 Å². The van der Waals surface area contributed by atoms with Crippen LogP contribution < -0.4 is 10.5 Å². The summed E-state index contributed by atoms with van der Waals surface area (Å²) in [6.45, 7) is 14.2. The monoisotopic (exact) mass is 557 g/mol. The Morgan fingerprint density at radius 2 is 1.98 bits per heavy atom. The predicted molar refractivity (Wildman–Crippen MR) is 150 cm³/mol. The third-order valence-electron chi connectivity index (χ3n) is 6.72. The zero-order chi connectivity index (χ0) is 29.3. The van der Waals surface area contributed by atoms with Crippen LogP contribution in [0.25, 0.3) is 27.1 Å². The van der Waals surface area contributed by atoms with Gasteiger partial charge in [0.25, 0.3) is 5.91 Å². The number of likely N-dealkylation sites (tertiary alicyclic amines) is 1. The number of rotatable bonds is 6. The molecule has 1 unspecified atom stereocenters. The van der Waals surface area contributed by atoms with Gasteiger partial charge in [-0.3, -0.25) is 4.79 Å². The molecule has 4 aromatic rings. The van der Waals surface area contributed by atoms with Crippen LogP contribution in [-0.4, -0.2) is 43.1 Å². The summed E-state index contributed by atoms with van der Waals surface area (Å²) in [5.41, 5.74) is 6.78. The molecule has 0 bridgehead atoms. The zero-order valence-electron chi connectivity index (χ0n) is 22.9. The van der Waals surface area contributed by atoms with Gasteiger partial charge < -0.3 is 15.4 Å². The van der Waals surface area contributed by atoms with Crippen molar-refractivity contribution in [3.63, 3.8) is 0 Å². The minimum atomic E-state index is -0.625. The lowest BCUT2D eigenvalue weighted by atomic mass is 9.95. The SMILES string of the molecule is [C-]#[N+]C(=CC(C)(C)C)C(=O)N1CCCC1Cn1nc(-c2ccc(Oc3cccc(F)c3)cc2F)c2c(N)ncnc21. The molecule has 0 aliphatic carbocycles. The number of nitrogens with zero attached hydrogens (tertiary/aromatic N) is 6. The maximum atomic E-state index is 15.5. The van der Waals surface area contributed by atoms with Gasteiger partial charge in [0.1, 0.15) is 41.0 Å². The molecule has 1 fully saturated rings. The molecule has 0 radical (unpaired) electrons. The second kappa shape index (κ2) is 11.0. The normalized spacial score (nSPS) is 15.8. The topological polar surface area (TPSA) is 104 Å². The number of aromatic nitrogens is 4. The molecule has 2 aromatic heterocycles. The van der Waals surface area contributed by atoms with Crippen molar-refractivity contribution < 1.29 is 18.3 Å². The van der Waals surface area contributed by atoms with Crippen LogP contribution >= 0.6 is 0 Å². The van der Waals surface area contributed by atoms with E-state index in [1.807, 2.05) is 20.8 Å². The molecule has 0 saturated carbocycles. The first-order chi connectivity index (χ1) is 19.5. The minimum Gasteiger partial charge on any atom is -0.457 e. The van der Waals surface area contributed by atoms with Gasteiger partial charge in [-0.05, 0) is 42.5 Å². The van der Waals surface area contributed by atoms with Gasteiger partial charge in [-0.1, -0.05) is 32.9 Å². The maximum Gasteiger partial charge on any atom is 0.252 e. The minimum absolute atomic E-state index is 0.0876. The Kier molecular flexibility index (Phi) is 7.41. The number of halogens is 2. The van der Waals surface area contributed by atoms with Gasteiger partial charge in [0.15, 0.2) is 5.65 Å². The Labute approximate surface area is 236 Å². The van der Waals surface area contributed by atoms with E-state index in [1.165, 1.54) is 36.7 Å². The van der Waals surface area contributed by atoms with Gasteiger partial charge in [0.05, 0.1) is 24.5 Å². The molecule has 11 heteroatoms. The Balaban J connectivity index is 1.47. The number of hydrogen-bond donors (Lipinski definition) is 1. The summed E-state index contributed by atoms with van der Waals surface area (Å²) in [4.78, 5) is 27.0. The van der Waals surface area contributed by atoms with Crippen LogP contribution in [0.3, 0.4) is 0 Å². The van der Waals surface area contributed by atoms with Crippen molar-refractivity contribution >= 4 is 22.8 Å². The fraction of sp³-hybridized carbons (Fsp3) is 0.300. The lowest BCUT2D eigenvalue weighted by molar-refractivity contribution is -0.127. The lowest BCUT2D eigenvalue weighted by Gasteiger charge is -2.25. The molecule has 1 amide bonds. The number of hydrogen-bond acceptors (Lipinski definition) is 6. The van der Waals surface area contributed by atoms with E-state index in [4.69, 9.17) is 17.0 Å². The summed E-state index contributed by atoms with van der Waals surface area (Å²) in [5, 5.41) is 5.06. The molecule has 9 nitrogen and oxygen atoms in total. The number of carbonyl (C=O) groups is 1. The van der Waals surface area contributed by atoms with Crippen LogP contribution in [0.1, 0.15) is 33.6 Å². The van der Waals surface area contributed by atoms with E-state index in [0.717, 1.165) is 6.42 Å². The van der Waals surface area contributed by atoms with Crippen molar-refractivity contribution in [1.29, 1.82) is 0 Å². The molecular formula is C30H29F2N7O2. The van der Waals surface area contributed by atoms with Gasteiger partial charge in [-0.2, -0.15) is 5.10 Å². The molecule has 1 aliphatic heterocycles. The fourth-order valence-electron chi connectivity index (χ4n) is 4.96. The van der Waals surface area contributed by atoms with Gasteiger partial charge in [0.2, 0.25) is 5.70 Å². The third kappa shape index (κ3) is 5.87. The maximum absolute atomic E-state index is 15.5. The Bertz CT molecular complexity index is 1700. The van der Waals surface area contributed by atoms with Crippen LogP contribution in [0.4, 0.5) is 14.6 Å². The van der Waals surface area contributed by atoms with Crippen LogP contribution in [-0.2, 0) is 11.3 Å². The molecular weight excluding hydrogens is 528 g/mol. The number of carbonyl (C=O) groups excluding carboxylic acids is 1. The smallest absolute Gasteiger partial charge is 0.252 e. The summed E-state index contributed by atoms with van der Waals surface area (Å²) in [6.07, 6.45) is 4.50. The van der Waals surface area contributed by atoms with E-state index in [9.17, 15) is 9.18 Å². The first-order valence-electron chi connectivity index (χ1n) is 13.2. The summed E-state index contributed by atoms with van der Waals surface area (Å²) in [5.74, 6) is -0.852. The van der Waals surface area contributed by atoms with E-state index >= 15 is 4.39 Å². The van der Waals surface area contributed by atoms with Crippen molar-refractivity contribution in [2.45, 2.75) is 46.2 Å². The second-order valence-electron chi connectivity index (χ2n) is 11.0. The molecule has 5 rings (SSSR count). The molecule has 210 valence electrons. The average molecular weight is 558 g/mol. The van der Waals surface area contributed by atoms with Crippen molar-refractivity contribution in [2.75, 3.05) is 12.3 Å². The van der Waals surface area contributed by atoms with E-state index < -0.39 is 11.6 Å². The first kappa shape index (κ1) is 27.7. The molecule has 2 N–H and O–H groups in total. The quantitative estimate of drug-likeness (QED) is 0.231. The molecule has 1 aliphatic rings. The van der Waals surface area contributed by atoms with E-state index in [1.54, 1.807) is 27.8 Å². The summed E-state index contributed by atoms with van der Waals surface area (Å²) in [7, 11) is 0. The summed E-state index contributed by atoms with van der Waals surface area (Å²) >= 11 is 0. The van der Waals surface area contributed by atoms with Crippen LogP contribution in [0.2, 0.25) is 0 Å². The van der Waals surface area contributed by atoms with E-state index in [2.05, 4.69) is 19.9 Å². The highest BCUT2D eigenvalue weighted by molar-refractivity contribution is 5.98. The van der Waals surface area contributed by atoms with Gasteiger partial charge in [0, 0.05) is 24.2 Å². The van der Waals surface area contributed by atoms with Crippen molar-refractivity contribution in [1.82, 2.24) is 24.6 Å². The van der Waals surface area contributed by atoms with Gasteiger partial charge in [-0.15, -0.1) is 0 Å². The van der Waals surface area contributed by atoms with Crippen LogP contribution in [0.15, 0.2) is 60.6 Å². The van der Waals surface area contributed by atoms with Crippen LogP contribution in [0, 0.1) is 23.6 Å². The summed E-state index contributed by atoms with van der Waals surface area (Å²) in [6, 6.07) is 9.57. The highest BCUT2D eigenvalue weighted by atomic mass is 19.1. The predicted octanol–water partition coefficient (Wildman–Crippen LogP) is 5.99. The Morgan fingerprint density at radius 1 is 1.20 bits per heavy atom. The van der Waals surface area contributed by atoms with Gasteiger partial charge in [-0.25, -0.2) is 28.3 Å². The van der Waals surface area contributed by atoms with Gasteiger partial charge >= 0.3 is 0 Å². The number of amides is 1. The number of nitrogens with two attached hydrogens (primary N) is 1. The van der Waals surface area contributed by atoms with E-state index in [0.29, 0.717) is 24.0 Å². The number of benzene rings is 2. The molecule has 41 heavy (non-hydrogen) atoms. The molecule has 3 heterocycles. The van der Waals surface area contributed by atoms with E-state index in [-0.39, 0.29) is 58.2 Å². The standard InChI is InChI=1S/C30H29F2N7O2/c1-30(2,3)15-24(34-4)29(40)38-12-6-8-19(38)16-39-28-25(27(33)35-17-36-28)26(37-39)22-11-10-21(14-23(22)32)41-20-9-5-7-18(31)13-20/h5,7,9-11,13-15,17,19H,6,8,12,16H2,1-3H3,(H2,33,35,36). The lowest BCUT2D eigenvalue weighted by Crippen LogP contribution is -2.39. The average Bonchev–Trinajstić information content (AvgIpc) is 3.52. The Hall–Kier alpha value is -4.85. The zero-order valence-corrected chi connectivity index (χ0v) is 22.9. The number of allylic oxidation sites excluding steroid dienone is 1. The number of anilines is 1. The van der Waals surface area contributed by atoms with Crippen LogP contribution in [0.5, 0.6) is 11.5 Å². The number of fused-ring (bicyclic) bond motifs is 1.